The summed E-state index contributed by atoms with van der Waals surface area (Å²) in [6.45, 7) is 1.10. The van der Waals surface area contributed by atoms with Crippen LogP contribution in [0.4, 0.5) is 0 Å². The van der Waals surface area contributed by atoms with Crippen molar-refractivity contribution in [1.29, 1.82) is 5.41 Å². The number of halogens is 1. The van der Waals surface area contributed by atoms with Gasteiger partial charge >= 0.3 is 0 Å². The quantitative estimate of drug-likeness (QED) is 0.467. The molecule has 110 valence electrons. The third-order valence-corrected chi connectivity index (χ3v) is 3.04. The molecule has 2 aromatic rings. The first kappa shape index (κ1) is 15.2. The van der Waals surface area contributed by atoms with E-state index in [4.69, 9.17) is 32.2 Å². The lowest BCUT2D eigenvalue weighted by Gasteiger charge is -2.09. The maximum Gasteiger partial charge on any atom is 0.122 e. The van der Waals surface area contributed by atoms with Gasteiger partial charge in [0, 0.05) is 17.0 Å². The van der Waals surface area contributed by atoms with E-state index in [2.05, 4.69) is 0 Å². The number of benzene rings is 2. The average molecular weight is 305 g/mol. The van der Waals surface area contributed by atoms with E-state index in [1.165, 1.54) is 0 Å². The molecule has 5 heteroatoms. The first-order valence-electron chi connectivity index (χ1n) is 6.61. The van der Waals surface area contributed by atoms with Gasteiger partial charge < -0.3 is 15.2 Å². The average Bonchev–Trinajstić information content (AvgIpc) is 2.49. The van der Waals surface area contributed by atoms with Crippen LogP contribution in [0, 0.1) is 5.41 Å². The number of nitrogens with one attached hydrogen (secondary N) is 1. The number of ether oxygens (including phenoxy) is 2. The van der Waals surface area contributed by atoms with Crippen molar-refractivity contribution in [2.75, 3.05) is 13.2 Å². The van der Waals surface area contributed by atoms with Crippen molar-refractivity contribution in [3.8, 4) is 11.5 Å². The molecule has 4 nitrogen and oxygen atoms in total. The summed E-state index contributed by atoms with van der Waals surface area (Å²) in [6.07, 6.45) is 0.757. The largest absolute Gasteiger partial charge is 0.493 e. The number of nitrogens with two attached hydrogens (primary N) is 1. The summed E-state index contributed by atoms with van der Waals surface area (Å²) in [5.41, 5.74) is 6.09. The van der Waals surface area contributed by atoms with Gasteiger partial charge in [0.25, 0.3) is 0 Å². The van der Waals surface area contributed by atoms with Crippen LogP contribution in [0.1, 0.15) is 12.0 Å². The monoisotopic (exact) mass is 304 g/mol. The molecular formula is C16H17ClN2O2. The summed E-state index contributed by atoms with van der Waals surface area (Å²) in [4.78, 5) is 0. The molecule has 0 heterocycles. The maximum absolute atomic E-state index is 7.38. The van der Waals surface area contributed by atoms with Crippen LogP contribution in [0.3, 0.4) is 0 Å². The summed E-state index contributed by atoms with van der Waals surface area (Å²) in [7, 11) is 0. The summed E-state index contributed by atoms with van der Waals surface area (Å²) in [6, 6.07) is 14.4. The van der Waals surface area contributed by atoms with Gasteiger partial charge in [0.1, 0.15) is 17.3 Å². The van der Waals surface area contributed by atoms with E-state index >= 15 is 0 Å². The summed E-state index contributed by atoms with van der Waals surface area (Å²) in [5, 5.41) is 8.07. The molecule has 2 rings (SSSR count). The van der Waals surface area contributed by atoms with Crippen molar-refractivity contribution in [1.82, 2.24) is 0 Å². The molecule has 3 N–H and O–H groups in total. The molecule has 0 aliphatic rings. The molecule has 0 unspecified atom stereocenters. The number of rotatable bonds is 7. The molecule has 0 fully saturated rings. The number of amidine groups is 1. The Balaban J connectivity index is 1.71. The van der Waals surface area contributed by atoms with E-state index in [9.17, 15) is 0 Å². The third-order valence-electron chi connectivity index (χ3n) is 2.78. The van der Waals surface area contributed by atoms with Gasteiger partial charge in [-0.1, -0.05) is 23.7 Å². The van der Waals surface area contributed by atoms with Crippen LogP contribution < -0.4 is 15.2 Å². The smallest absolute Gasteiger partial charge is 0.122 e. The molecule has 0 amide bonds. The highest BCUT2D eigenvalue weighted by atomic mass is 35.5. The predicted molar refractivity (Wildman–Crippen MR) is 84.5 cm³/mol. The Labute approximate surface area is 129 Å². The summed E-state index contributed by atoms with van der Waals surface area (Å²) >= 11 is 5.80. The molecular weight excluding hydrogens is 288 g/mol. The summed E-state index contributed by atoms with van der Waals surface area (Å²) in [5.74, 6) is 1.53. The Morgan fingerprint density at radius 1 is 1.00 bits per heavy atom. The molecule has 0 saturated carbocycles. The normalized spacial score (nSPS) is 10.1. The zero-order valence-electron chi connectivity index (χ0n) is 11.5. The van der Waals surface area contributed by atoms with Gasteiger partial charge in [-0.25, -0.2) is 0 Å². The van der Waals surface area contributed by atoms with Crippen molar-refractivity contribution >= 4 is 17.4 Å². The minimum Gasteiger partial charge on any atom is -0.493 e. The zero-order valence-corrected chi connectivity index (χ0v) is 12.3. The SMILES string of the molecule is N=C(N)c1cccc(OCCCOc2ccc(Cl)cc2)c1. The van der Waals surface area contributed by atoms with Crippen LogP contribution in [-0.4, -0.2) is 19.0 Å². The predicted octanol–water partition coefficient (Wildman–Crippen LogP) is 3.47. The fraction of sp³-hybridized carbons (Fsp3) is 0.188. The van der Waals surface area contributed by atoms with Crippen LogP contribution >= 0.6 is 11.6 Å². The first-order valence-corrected chi connectivity index (χ1v) is 6.98. The minimum absolute atomic E-state index is 0.0338. The second kappa shape index (κ2) is 7.55. The van der Waals surface area contributed by atoms with Crippen LogP contribution in [-0.2, 0) is 0 Å². The molecule has 0 aliphatic carbocycles. The topological polar surface area (TPSA) is 68.3 Å². The van der Waals surface area contributed by atoms with Gasteiger partial charge in [-0.2, -0.15) is 0 Å². The van der Waals surface area contributed by atoms with E-state index in [1.54, 1.807) is 24.3 Å². The maximum atomic E-state index is 7.38. The molecule has 0 spiro atoms. The van der Waals surface area contributed by atoms with Gasteiger partial charge in [0.15, 0.2) is 0 Å². The second-order valence-corrected chi connectivity index (χ2v) is 4.88. The second-order valence-electron chi connectivity index (χ2n) is 4.45. The standard InChI is InChI=1S/C16H17ClN2O2/c17-13-5-7-14(8-6-13)20-9-2-10-21-15-4-1-3-12(11-15)16(18)19/h1,3-8,11H,2,9-10H2,(H3,18,19). The molecule has 2 aromatic carbocycles. The number of nitrogen functional groups attached to an aromatic ring is 1. The highest BCUT2D eigenvalue weighted by Crippen LogP contribution is 2.16. The lowest BCUT2D eigenvalue weighted by atomic mass is 10.2. The minimum atomic E-state index is 0.0338. The molecule has 0 bridgehead atoms. The Morgan fingerprint density at radius 3 is 2.33 bits per heavy atom. The van der Waals surface area contributed by atoms with Gasteiger partial charge in [0.2, 0.25) is 0 Å². The van der Waals surface area contributed by atoms with Crippen LogP contribution in [0.2, 0.25) is 5.02 Å². The van der Waals surface area contributed by atoms with Crippen molar-refractivity contribution in [3.05, 3.63) is 59.1 Å². The lowest BCUT2D eigenvalue weighted by molar-refractivity contribution is 0.247. The molecule has 0 atom stereocenters. The molecule has 21 heavy (non-hydrogen) atoms. The van der Waals surface area contributed by atoms with E-state index in [-0.39, 0.29) is 5.84 Å². The Kier molecular flexibility index (Phi) is 5.46. The van der Waals surface area contributed by atoms with Gasteiger partial charge in [-0.15, -0.1) is 0 Å². The van der Waals surface area contributed by atoms with Crippen molar-refractivity contribution in [2.24, 2.45) is 5.73 Å². The highest BCUT2D eigenvalue weighted by Gasteiger charge is 2.00. The van der Waals surface area contributed by atoms with E-state index in [1.807, 2.05) is 24.3 Å². The summed E-state index contributed by atoms with van der Waals surface area (Å²) < 4.78 is 11.2. The van der Waals surface area contributed by atoms with E-state index in [0.29, 0.717) is 29.5 Å². The highest BCUT2D eigenvalue weighted by molar-refractivity contribution is 6.30. The van der Waals surface area contributed by atoms with Gasteiger partial charge in [-0.05, 0) is 36.4 Å². The van der Waals surface area contributed by atoms with E-state index < -0.39 is 0 Å². The van der Waals surface area contributed by atoms with Crippen molar-refractivity contribution < 1.29 is 9.47 Å². The van der Waals surface area contributed by atoms with Gasteiger partial charge in [-0.3, -0.25) is 5.41 Å². The first-order chi connectivity index (χ1) is 10.1. The Hall–Kier alpha value is -2.20. The van der Waals surface area contributed by atoms with Crippen LogP contribution in [0.15, 0.2) is 48.5 Å². The van der Waals surface area contributed by atoms with Crippen molar-refractivity contribution in [2.45, 2.75) is 6.42 Å². The van der Waals surface area contributed by atoms with Crippen LogP contribution in [0.25, 0.3) is 0 Å². The number of hydrogen-bond donors (Lipinski definition) is 2. The number of hydrogen-bond acceptors (Lipinski definition) is 3. The fourth-order valence-corrected chi connectivity index (χ4v) is 1.85. The van der Waals surface area contributed by atoms with Crippen LogP contribution in [0.5, 0.6) is 11.5 Å². The lowest BCUT2D eigenvalue weighted by Crippen LogP contribution is -2.11. The van der Waals surface area contributed by atoms with Crippen molar-refractivity contribution in [3.63, 3.8) is 0 Å². The molecule has 0 saturated heterocycles. The molecule has 0 aliphatic heterocycles. The Bertz CT molecular complexity index is 599. The van der Waals surface area contributed by atoms with Gasteiger partial charge in [0.05, 0.1) is 13.2 Å². The van der Waals surface area contributed by atoms with E-state index in [0.717, 1.165) is 12.2 Å². The molecule has 0 radical (unpaired) electrons. The zero-order chi connectivity index (χ0) is 15.1. The fourth-order valence-electron chi connectivity index (χ4n) is 1.72. The third kappa shape index (κ3) is 5.00. The molecule has 0 aromatic heterocycles. The Morgan fingerprint density at radius 2 is 1.67 bits per heavy atom.